The maximum absolute atomic E-state index is 9.69. The summed E-state index contributed by atoms with van der Waals surface area (Å²) < 4.78 is 5.91. The largest absolute Gasteiger partial charge is 0.417 e. The van der Waals surface area contributed by atoms with Gasteiger partial charge >= 0.3 is 0 Å². The van der Waals surface area contributed by atoms with Crippen molar-refractivity contribution in [3.05, 3.63) is 12.7 Å². The molecule has 2 N–H and O–H groups in total. The number of rotatable bonds is 7. The Hall–Kier alpha value is -0.203. The summed E-state index contributed by atoms with van der Waals surface area (Å²) >= 11 is 0. The minimum Gasteiger partial charge on any atom is -0.417 e. The van der Waals surface area contributed by atoms with Gasteiger partial charge in [0.1, 0.15) is 6.10 Å². The molecule has 4 nitrogen and oxygen atoms in total. The van der Waals surface area contributed by atoms with Gasteiger partial charge < -0.3 is 9.53 Å². The van der Waals surface area contributed by atoms with Gasteiger partial charge in [0.25, 0.3) is 0 Å². The van der Waals surface area contributed by atoms with Crippen LogP contribution in [0.5, 0.6) is 0 Å². The van der Waals surface area contributed by atoms with E-state index in [1.807, 2.05) is 0 Å². The molecule has 0 radical (unpaired) electrons. The molecule has 0 bridgehead atoms. The lowest BCUT2D eigenvalue weighted by Crippen LogP contribution is -2.41. The molecule has 0 unspecified atom stereocenters. The first kappa shape index (κ1) is 16.8. The van der Waals surface area contributed by atoms with Crippen molar-refractivity contribution in [2.75, 3.05) is 6.61 Å². The van der Waals surface area contributed by atoms with E-state index in [9.17, 15) is 5.11 Å². The smallest absolute Gasteiger partial charge is 0.191 e. The predicted molar refractivity (Wildman–Crippen MR) is 71.5 cm³/mol. The summed E-state index contributed by atoms with van der Waals surface area (Å²) in [6, 6.07) is 0. The summed E-state index contributed by atoms with van der Waals surface area (Å²) in [6.07, 6.45) is 0.251. The fourth-order valence-corrected chi connectivity index (χ4v) is 2.15. The molecule has 5 heteroatoms. The van der Waals surface area contributed by atoms with Crippen molar-refractivity contribution in [1.82, 2.24) is 0 Å². The van der Waals surface area contributed by atoms with Crippen LogP contribution in [0.2, 0.25) is 18.1 Å². The maximum Gasteiger partial charge on any atom is 0.191 e. The molecule has 0 heterocycles. The van der Waals surface area contributed by atoms with Gasteiger partial charge in [-0.15, -0.1) is 6.58 Å². The zero-order valence-corrected chi connectivity index (χ0v) is 12.6. The molecule has 0 aliphatic rings. The standard InChI is InChI=1S/C12H26O4Si/c1-7-11(16-14)10(13)8-9-15-17(5,6)12(2,3)4/h7,10-11,13-14H,1,8-9H2,2-6H3/t10-,11+/m0/s1. The highest BCUT2D eigenvalue weighted by Crippen LogP contribution is 2.36. The average Bonchev–Trinajstić information content (AvgIpc) is 2.17. The van der Waals surface area contributed by atoms with Gasteiger partial charge in [0.05, 0.1) is 6.10 Å². The van der Waals surface area contributed by atoms with Crippen molar-refractivity contribution >= 4 is 8.32 Å². The highest BCUT2D eigenvalue weighted by atomic mass is 28.4. The fourth-order valence-electron chi connectivity index (χ4n) is 1.09. The van der Waals surface area contributed by atoms with Crippen molar-refractivity contribution in [2.24, 2.45) is 0 Å². The summed E-state index contributed by atoms with van der Waals surface area (Å²) in [7, 11) is -1.77. The molecule has 0 aliphatic carbocycles. The monoisotopic (exact) mass is 262 g/mol. The van der Waals surface area contributed by atoms with Gasteiger partial charge in [0.15, 0.2) is 8.32 Å². The molecular weight excluding hydrogens is 236 g/mol. The third kappa shape index (κ3) is 5.31. The zero-order valence-electron chi connectivity index (χ0n) is 11.6. The van der Waals surface area contributed by atoms with Crippen LogP contribution in [-0.4, -0.2) is 37.5 Å². The molecule has 0 saturated carbocycles. The number of hydrogen-bond donors (Lipinski definition) is 2. The molecule has 0 spiro atoms. The Bertz CT molecular complexity index is 235. The van der Waals surface area contributed by atoms with Crippen LogP contribution in [0.3, 0.4) is 0 Å². The molecule has 0 rings (SSSR count). The van der Waals surface area contributed by atoms with Gasteiger partial charge in [0, 0.05) is 6.61 Å². The Morgan fingerprint density at radius 3 is 2.24 bits per heavy atom. The van der Waals surface area contributed by atoms with E-state index in [0.29, 0.717) is 13.0 Å². The second-order valence-electron chi connectivity index (χ2n) is 5.77. The van der Waals surface area contributed by atoms with Crippen LogP contribution in [0.25, 0.3) is 0 Å². The molecule has 0 fully saturated rings. The molecule has 0 aromatic rings. The van der Waals surface area contributed by atoms with Crippen molar-refractivity contribution in [3.63, 3.8) is 0 Å². The number of aliphatic hydroxyl groups is 1. The SMILES string of the molecule is C=C[C@@H](OO)[C@@H](O)CCO[Si](C)(C)C(C)(C)C. The molecular formula is C12H26O4Si. The molecule has 0 amide bonds. The summed E-state index contributed by atoms with van der Waals surface area (Å²) in [5.41, 5.74) is 0. The van der Waals surface area contributed by atoms with Crippen LogP contribution in [0.1, 0.15) is 27.2 Å². The topological polar surface area (TPSA) is 58.9 Å². The van der Waals surface area contributed by atoms with E-state index in [0.717, 1.165) is 0 Å². The highest BCUT2D eigenvalue weighted by Gasteiger charge is 2.37. The number of hydrogen-bond acceptors (Lipinski definition) is 4. The van der Waals surface area contributed by atoms with Crippen LogP contribution < -0.4 is 0 Å². The first-order valence-electron chi connectivity index (χ1n) is 5.90. The van der Waals surface area contributed by atoms with Crippen LogP contribution in [-0.2, 0) is 9.31 Å². The average molecular weight is 262 g/mol. The zero-order chi connectivity index (χ0) is 13.7. The molecule has 0 aromatic heterocycles. The van der Waals surface area contributed by atoms with Crippen molar-refractivity contribution in [2.45, 2.75) is 57.5 Å². The minimum absolute atomic E-state index is 0.156. The highest BCUT2D eigenvalue weighted by molar-refractivity contribution is 6.74. The van der Waals surface area contributed by atoms with Crippen LogP contribution in [0, 0.1) is 0 Å². The quantitative estimate of drug-likeness (QED) is 0.320. The van der Waals surface area contributed by atoms with E-state index < -0.39 is 20.5 Å². The third-order valence-corrected chi connectivity index (χ3v) is 7.95. The summed E-state index contributed by atoms with van der Waals surface area (Å²) in [4.78, 5) is 4.10. The lowest BCUT2D eigenvalue weighted by Gasteiger charge is -2.36. The lowest BCUT2D eigenvalue weighted by atomic mass is 10.1. The third-order valence-electron chi connectivity index (χ3n) is 3.42. The van der Waals surface area contributed by atoms with Gasteiger partial charge in [-0.2, -0.15) is 0 Å². The van der Waals surface area contributed by atoms with Crippen molar-refractivity contribution in [3.8, 4) is 0 Å². The maximum atomic E-state index is 9.69. The van der Waals surface area contributed by atoms with Gasteiger partial charge in [0.2, 0.25) is 0 Å². The van der Waals surface area contributed by atoms with E-state index >= 15 is 0 Å². The fraction of sp³-hybridized carbons (Fsp3) is 0.833. The van der Waals surface area contributed by atoms with Gasteiger partial charge in [-0.25, -0.2) is 4.89 Å². The normalized spacial score (nSPS) is 16.6. The Labute approximate surface area is 105 Å². The van der Waals surface area contributed by atoms with Crippen molar-refractivity contribution < 1.29 is 19.7 Å². The molecule has 17 heavy (non-hydrogen) atoms. The second kappa shape index (κ2) is 6.66. The van der Waals surface area contributed by atoms with Gasteiger partial charge in [-0.1, -0.05) is 26.8 Å². The first-order chi connectivity index (χ1) is 7.65. The van der Waals surface area contributed by atoms with Crippen LogP contribution >= 0.6 is 0 Å². The van der Waals surface area contributed by atoms with Crippen LogP contribution in [0.4, 0.5) is 0 Å². The van der Waals surface area contributed by atoms with E-state index in [-0.39, 0.29) is 5.04 Å². The Kier molecular flexibility index (Phi) is 6.58. The molecule has 0 aromatic carbocycles. The lowest BCUT2D eigenvalue weighted by molar-refractivity contribution is -0.283. The summed E-state index contributed by atoms with van der Waals surface area (Å²) in [6.45, 7) is 14.8. The van der Waals surface area contributed by atoms with Crippen LogP contribution in [0.15, 0.2) is 12.7 Å². The second-order valence-corrected chi connectivity index (χ2v) is 10.6. The van der Waals surface area contributed by atoms with E-state index in [4.69, 9.17) is 9.68 Å². The van der Waals surface area contributed by atoms with Gasteiger partial charge in [-0.05, 0) is 24.6 Å². The molecule has 0 saturated heterocycles. The predicted octanol–water partition coefficient (Wildman–Crippen LogP) is 2.80. The van der Waals surface area contributed by atoms with E-state index in [1.165, 1.54) is 6.08 Å². The van der Waals surface area contributed by atoms with E-state index in [2.05, 4.69) is 45.3 Å². The Morgan fingerprint density at radius 2 is 1.88 bits per heavy atom. The number of aliphatic hydroxyl groups excluding tert-OH is 1. The first-order valence-corrected chi connectivity index (χ1v) is 8.81. The molecule has 102 valence electrons. The van der Waals surface area contributed by atoms with Crippen molar-refractivity contribution in [1.29, 1.82) is 0 Å². The molecule has 2 atom stereocenters. The van der Waals surface area contributed by atoms with Gasteiger partial charge in [-0.3, -0.25) is 5.26 Å². The Balaban J connectivity index is 4.11. The molecule has 0 aliphatic heterocycles. The Morgan fingerprint density at radius 1 is 1.35 bits per heavy atom. The summed E-state index contributed by atoms with van der Waals surface area (Å²) in [5.74, 6) is 0. The summed E-state index contributed by atoms with van der Waals surface area (Å²) in [5, 5.41) is 18.4. The minimum atomic E-state index is -1.77. The van der Waals surface area contributed by atoms with E-state index in [1.54, 1.807) is 0 Å².